The number of hydrogen-bond donors (Lipinski definition) is 0. The molecule has 0 radical (unpaired) electrons. The normalized spacial score (nSPS) is 32.8. The van der Waals surface area contributed by atoms with E-state index < -0.39 is 11.6 Å². The number of thioether (sulfide) groups is 1. The SMILES string of the molecule is C/C=C/CCC1CCC(C2CCC(C3CCC(c4ccc(CCC)c(F)c4F)SC3)CC2)CC1. The lowest BCUT2D eigenvalue weighted by molar-refractivity contribution is 0.124. The first-order valence-corrected chi connectivity index (χ1v) is 15.3. The van der Waals surface area contributed by atoms with Crippen molar-refractivity contribution in [3.63, 3.8) is 0 Å². The van der Waals surface area contributed by atoms with E-state index >= 15 is 0 Å². The zero-order chi connectivity index (χ0) is 23.9. The zero-order valence-electron chi connectivity index (χ0n) is 21.5. The number of aryl methyl sites for hydroxylation is 1. The van der Waals surface area contributed by atoms with Crippen molar-refractivity contribution in [3.8, 4) is 0 Å². The Bertz CT molecular complexity index is 779. The second-order valence-electron chi connectivity index (χ2n) is 11.5. The van der Waals surface area contributed by atoms with Gasteiger partial charge in [-0.2, -0.15) is 11.8 Å². The monoisotopic (exact) mass is 488 g/mol. The topological polar surface area (TPSA) is 0 Å². The van der Waals surface area contributed by atoms with Crippen LogP contribution in [0.1, 0.15) is 114 Å². The van der Waals surface area contributed by atoms with Crippen LogP contribution in [0, 0.1) is 41.2 Å². The average molecular weight is 489 g/mol. The van der Waals surface area contributed by atoms with Gasteiger partial charge in [-0.15, -0.1) is 0 Å². The molecular weight excluding hydrogens is 442 g/mol. The standard InChI is InChI=1S/C31H46F2S/c1-3-5-6-8-22-9-11-23(12-10-22)24-13-15-25(16-14-24)27-18-20-29(34-21-27)28-19-17-26(7-4-2)30(32)31(28)33/h3,5,17,19,22-25,27,29H,4,6-16,18,20-21H2,1-2H3/b5-3+. The summed E-state index contributed by atoms with van der Waals surface area (Å²) in [5.41, 5.74) is 1.13. The molecule has 1 aliphatic heterocycles. The number of halogens is 2. The van der Waals surface area contributed by atoms with Gasteiger partial charge in [0.05, 0.1) is 0 Å². The van der Waals surface area contributed by atoms with Crippen LogP contribution < -0.4 is 0 Å². The van der Waals surface area contributed by atoms with Crippen LogP contribution in [0.4, 0.5) is 8.78 Å². The fourth-order valence-electron chi connectivity index (χ4n) is 7.24. The molecule has 0 N–H and O–H groups in total. The third-order valence-corrected chi connectivity index (χ3v) is 10.9. The molecule has 3 fully saturated rings. The molecule has 2 unspecified atom stereocenters. The Morgan fingerprint density at radius 2 is 1.44 bits per heavy atom. The maximum absolute atomic E-state index is 14.8. The molecule has 0 amide bonds. The third-order valence-electron chi connectivity index (χ3n) is 9.39. The van der Waals surface area contributed by atoms with Crippen molar-refractivity contribution in [1.29, 1.82) is 0 Å². The second-order valence-corrected chi connectivity index (χ2v) is 12.7. The molecule has 0 spiro atoms. The van der Waals surface area contributed by atoms with Crippen molar-refractivity contribution < 1.29 is 8.78 Å². The molecule has 4 rings (SSSR count). The molecule has 3 heteroatoms. The van der Waals surface area contributed by atoms with Crippen LogP contribution >= 0.6 is 11.8 Å². The van der Waals surface area contributed by atoms with Gasteiger partial charge in [-0.25, -0.2) is 8.78 Å². The van der Waals surface area contributed by atoms with E-state index in [9.17, 15) is 8.78 Å². The Hall–Kier alpha value is -0.830. The van der Waals surface area contributed by atoms with Gasteiger partial charge in [0.25, 0.3) is 0 Å². The van der Waals surface area contributed by atoms with Crippen LogP contribution in [0.2, 0.25) is 0 Å². The summed E-state index contributed by atoms with van der Waals surface area (Å²) in [5.74, 6) is 4.48. The van der Waals surface area contributed by atoms with E-state index in [2.05, 4.69) is 19.1 Å². The van der Waals surface area contributed by atoms with E-state index in [1.54, 1.807) is 0 Å². The van der Waals surface area contributed by atoms with Gasteiger partial charge < -0.3 is 0 Å². The lowest BCUT2D eigenvalue weighted by Crippen LogP contribution is -2.30. The van der Waals surface area contributed by atoms with Crippen molar-refractivity contribution in [2.45, 2.75) is 109 Å². The van der Waals surface area contributed by atoms with Gasteiger partial charge in [0.15, 0.2) is 11.6 Å². The largest absolute Gasteiger partial charge is 0.203 e. The summed E-state index contributed by atoms with van der Waals surface area (Å²) in [5, 5.41) is 0.126. The first-order valence-electron chi connectivity index (χ1n) is 14.3. The Morgan fingerprint density at radius 3 is 2.03 bits per heavy atom. The van der Waals surface area contributed by atoms with E-state index in [1.807, 2.05) is 30.8 Å². The van der Waals surface area contributed by atoms with E-state index in [1.165, 1.54) is 70.6 Å². The van der Waals surface area contributed by atoms with Crippen LogP contribution in [0.5, 0.6) is 0 Å². The Morgan fingerprint density at radius 1 is 0.824 bits per heavy atom. The van der Waals surface area contributed by atoms with Gasteiger partial charge >= 0.3 is 0 Å². The zero-order valence-corrected chi connectivity index (χ0v) is 22.4. The van der Waals surface area contributed by atoms with Gasteiger partial charge in [-0.3, -0.25) is 0 Å². The van der Waals surface area contributed by atoms with Crippen molar-refractivity contribution in [1.82, 2.24) is 0 Å². The van der Waals surface area contributed by atoms with Gasteiger partial charge in [-0.05, 0) is 118 Å². The molecule has 1 saturated heterocycles. The molecule has 2 aliphatic carbocycles. The first-order chi connectivity index (χ1) is 16.6. The summed E-state index contributed by atoms with van der Waals surface area (Å²) in [4.78, 5) is 0. The first kappa shape index (κ1) is 26.2. The Kier molecular flexibility index (Phi) is 9.98. The molecule has 3 aliphatic rings. The van der Waals surface area contributed by atoms with Crippen LogP contribution in [-0.2, 0) is 6.42 Å². The molecule has 2 atom stereocenters. The predicted octanol–water partition coefficient (Wildman–Crippen LogP) is 10.1. The van der Waals surface area contributed by atoms with Crippen molar-refractivity contribution in [3.05, 3.63) is 47.0 Å². The average Bonchev–Trinajstić information content (AvgIpc) is 2.88. The van der Waals surface area contributed by atoms with Gasteiger partial charge in [-0.1, -0.05) is 50.5 Å². The maximum atomic E-state index is 14.8. The third kappa shape index (κ3) is 6.48. The smallest absolute Gasteiger partial charge is 0.163 e. The van der Waals surface area contributed by atoms with Crippen molar-refractivity contribution >= 4 is 11.8 Å². The van der Waals surface area contributed by atoms with E-state index in [4.69, 9.17) is 0 Å². The molecule has 0 bridgehead atoms. The molecule has 1 heterocycles. The highest BCUT2D eigenvalue weighted by Crippen LogP contribution is 2.49. The summed E-state index contributed by atoms with van der Waals surface area (Å²) in [6.07, 6.45) is 22.3. The highest BCUT2D eigenvalue weighted by molar-refractivity contribution is 7.99. The summed E-state index contributed by atoms with van der Waals surface area (Å²) >= 11 is 1.89. The molecule has 190 valence electrons. The summed E-state index contributed by atoms with van der Waals surface area (Å²) in [7, 11) is 0. The van der Waals surface area contributed by atoms with Gasteiger partial charge in [0.2, 0.25) is 0 Å². The van der Waals surface area contributed by atoms with Gasteiger partial charge in [0.1, 0.15) is 0 Å². The molecule has 1 aromatic rings. The minimum atomic E-state index is -0.604. The highest BCUT2D eigenvalue weighted by Gasteiger charge is 2.35. The molecule has 34 heavy (non-hydrogen) atoms. The Labute approximate surface area is 211 Å². The molecule has 0 nitrogen and oxygen atoms in total. The number of benzene rings is 1. The lowest BCUT2D eigenvalue weighted by atomic mass is 9.67. The molecule has 0 aromatic heterocycles. The fraction of sp³-hybridized carbons (Fsp3) is 0.742. The van der Waals surface area contributed by atoms with Crippen LogP contribution in [0.25, 0.3) is 0 Å². The maximum Gasteiger partial charge on any atom is 0.163 e. The molecule has 2 saturated carbocycles. The summed E-state index contributed by atoms with van der Waals surface area (Å²) in [6.45, 7) is 4.14. The predicted molar refractivity (Wildman–Crippen MR) is 143 cm³/mol. The van der Waals surface area contributed by atoms with E-state index in [0.717, 1.165) is 48.2 Å². The number of allylic oxidation sites excluding steroid dienone is 2. The molecular formula is C31H46F2S. The highest BCUT2D eigenvalue weighted by atomic mass is 32.2. The van der Waals surface area contributed by atoms with Crippen LogP contribution in [0.15, 0.2) is 24.3 Å². The molecule has 1 aromatic carbocycles. The fourth-order valence-corrected chi connectivity index (χ4v) is 8.82. The van der Waals surface area contributed by atoms with Crippen LogP contribution in [-0.4, -0.2) is 5.75 Å². The van der Waals surface area contributed by atoms with Crippen LogP contribution in [0.3, 0.4) is 0 Å². The quantitative estimate of drug-likeness (QED) is 0.328. The lowest BCUT2D eigenvalue weighted by Gasteiger charge is -2.41. The summed E-state index contributed by atoms with van der Waals surface area (Å²) in [6, 6.07) is 3.68. The van der Waals surface area contributed by atoms with Crippen molar-refractivity contribution in [2.75, 3.05) is 5.75 Å². The van der Waals surface area contributed by atoms with E-state index in [0.29, 0.717) is 17.5 Å². The van der Waals surface area contributed by atoms with Gasteiger partial charge in [0, 0.05) is 10.8 Å². The van der Waals surface area contributed by atoms with E-state index in [-0.39, 0.29) is 5.25 Å². The second kappa shape index (κ2) is 12.9. The number of hydrogen-bond acceptors (Lipinski definition) is 1. The summed E-state index contributed by atoms with van der Waals surface area (Å²) < 4.78 is 29.2. The van der Waals surface area contributed by atoms with Crippen molar-refractivity contribution in [2.24, 2.45) is 29.6 Å². The minimum Gasteiger partial charge on any atom is -0.203 e. The number of rotatable bonds is 8. The Balaban J connectivity index is 1.20. The minimum absolute atomic E-state index is 0.126.